The van der Waals surface area contributed by atoms with E-state index in [0.717, 1.165) is 5.56 Å². The number of methoxy groups -OCH3 is 2. The Labute approximate surface area is 656 Å². The number of likely N-dealkylation sites (tertiary alicyclic amines) is 1. The minimum absolute atomic E-state index is 0. The zero-order valence-electron chi connectivity index (χ0n) is 61.7. The van der Waals surface area contributed by atoms with Crippen LogP contribution in [0.4, 0.5) is 0 Å². The number of rotatable bonds is 38. The Bertz CT molecular complexity index is 3200. The van der Waals surface area contributed by atoms with E-state index in [1.54, 1.807) is 35.1 Å². The van der Waals surface area contributed by atoms with Gasteiger partial charge in [-0.05, 0) is 35.0 Å². The molecule has 109 heavy (non-hydrogen) atoms. The zero-order valence-corrected chi connectivity index (χ0v) is 65.3. The first kappa shape index (κ1) is 96.9. The fraction of sp³-hybridized carbons (Fsp3) is 0.750. The maximum Gasteiger partial charge on any atom is 1.00 e. The summed E-state index contributed by atoms with van der Waals surface area (Å²) in [5, 5.41) is 92.2. The predicted octanol–water partition coefficient (Wildman–Crippen LogP) is -4.90. The number of aliphatic carboxylic acids is 2. The van der Waals surface area contributed by atoms with Crippen LogP contribution in [0.25, 0.3) is 32.1 Å². The predicted molar refractivity (Wildman–Crippen MR) is 361 cm³/mol. The fourth-order valence-corrected chi connectivity index (χ4v) is 11.2. The molecule has 0 saturated carbocycles. The summed E-state index contributed by atoms with van der Waals surface area (Å²) in [5.74, 6) is -5.87. The number of carboxylic acids is 2. The Kier molecular flexibility index (Phi) is 46.3. The van der Waals surface area contributed by atoms with Crippen molar-refractivity contribution < 1.29 is 189 Å². The molecule has 2 aromatic rings. The molecule has 20 atom stereocenters. The van der Waals surface area contributed by atoms with Crippen molar-refractivity contribution in [3.8, 4) is 11.3 Å². The molecule has 6 heterocycles. The van der Waals surface area contributed by atoms with Crippen molar-refractivity contribution in [1.29, 1.82) is 0 Å². The summed E-state index contributed by atoms with van der Waals surface area (Å²) in [7, 11) is 2.62. The Morgan fingerprint density at radius 2 is 0.982 bits per heavy atom. The second kappa shape index (κ2) is 52.1. The number of aliphatic hydroxyl groups is 6. The number of nitrogens with zero attached hydrogens (tertiary/aromatic N) is 10. The summed E-state index contributed by atoms with van der Waals surface area (Å²) >= 11 is 3.28. The van der Waals surface area contributed by atoms with Gasteiger partial charge in [0.1, 0.15) is 54.5 Å². The number of aliphatic hydroxyl groups excluding tert-OH is 6. The number of carbonyl (C=O) groups excluding carboxylic acids is 7. The monoisotopic (exact) mass is 1630 g/mol. The van der Waals surface area contributed by atoms with Crippen LogP contribution < -0.4 is 34.7 Å². The molecule has 5 fully saturated rings. The van der Waals surface area contributed by atoms with Gasteiger partial charge in [0.2, 0.25) is 5.91 Å². The van der Waals surface area contributed by atoms with Crippen LogP contribution in [0.3, 0.4) is 0 Å². The van der Waals surface area contributed by atoms with Crippen molar-refractivity contribution in [3.05, 3.63) is 56.9 Å². The van der Waals surface area contributed by atoms with Crippen LogP contribution >= 0.6 is 15.9 Å². The molecule has 1 aromatic heterocycles. The number of alkyl halides is 1. The molecule has 7 rings (SSSR count). The van der Waals surface area contributed by atoms with Crippen LogP contribution in [0, 0.1) is 23.7 Å². The summed E-state index contributed by atoms with van der Waals surface area (Å²) in [6.07, 6.45) is -17.9. The topological polar surface area (TPSA) is 590 Å². The number of azide groups is 2. The van der Waals surface area contributed by atoms with E-state index in [0.29, 0.717) is 57.2 Å². The number of amides is 2. The third-order valence-corrected chi connectivity index (χ3v) is 17.5. The van der Waals surface area contributed by atoms with Crippen molar-refractivity contribution in [2.75, 3.05) is 133 Å². The maximum atomic E-state index is 12.3. The Balaban J connectivity index is 0.000000392. The third-order valence-electron chi connectivity index (χ3n) is 16.8. The fourth-order valence-electron chi connectivity index (χ4n) is 10.4. The van der Waals surface area contributed by atoms with Gasteiger partial charge in [-0.15, -0.1) is 5.10 Å². The van der Waals surface area contributed by atoms with Crippen molar-refractivity contribution in [3.63, 3.8) is 0 Å². The molecule has 0 bridgehead atoms. The van der Waals surface area contributed by atoms with Gasteiger partial charge in [0.15, 0.2) is 48.3 Å². The first-order valence-corrected chi connectivity index (χ1v) is 34.9. The number of carboxylic acid groups (broad SMARTS) is 2. The van der Waals surface area contributed by atoms with Gasteiger partial charge >= 0.3 is 59.4 Å². The van der Waals surface area contributed by atoms with Crippen molar-refractivity contribution in [1.82, 2.24) is 19.9 Å². The van der Waals surface area contributed by atoms with Gasteiger partial charge in [-0.1, -0.05) is 71.2 Å². The van der Waals surface area contributed by atoms with Crippen LogP contribution in [0.15, 0.2) is 40.7 Å². The molecule has 7 N–H and O–H groups in total. The molecule has 5 saturated heterocycles. The van der Waals surface area contributed by atoms with Crippen LogP contribution in [0.5, 0.6) is 0 Å². The number of benzene rings is 1. The van der Waals surface area contributed by atoms with Crippen molar-refractivity contribution in [2.24, 2.45) is 33.9 Å². The Morgan fingerprint density at radius 3 is 1.41 bits per heavy atom. The molecule has 1 aromatic carbocycles. The number of ether oxygens (including phenoxy) is 17. The van der Waals surface area contributed by atoms with E-state index in [1.165, 1.54) is 33.0 Å². The van der Waals surface area contributed by atoms with E-state index in [1.807, 2.05) is 27.7 Å². The molecular formula is C64H96BrN10NaO33. The van der Waals surface area contributed by atoms with E-state index in [4.69, 9.17) is 92.0 Å². The number of carbonyl (C=O) groups is 8. The van der Waals surface area contributed by atoms with E-state index < -0.39 is 127 Å². The van der Waals surface area contributed by atoms with Crippen molar-refractivity contribution >= 4 is 63.6 Å². The molecule has 0 aliphatic carbocycles. The summed E-state index contributed by atoms with van der Waals surface area (Å²) in [4.78, 5) is 97.9. The van der Waals surface area contributed by atoms with Gasteiger partial charge in [-0.25, -0.2) is 19.1 Å². The van der Waals surface area contributed by atoms with E-state index in [9.17, 15) is 74.1 Å². The SMILES string of the molecule is COC(=O)[C@H]1OC(Br)[C@H](OC(C)=O)[C@@H](C)[C@@H]1C.COC(=O)[C@H]1OC(OCCOCCOCCN=[N+]=[N-])[C@H](OC(C)=O)[C@@H](C)[C@@H]1C.O=C([O-])[C@H]1OC(OCCOCCOCCn2cc(-c3ccc(C(=O)N4CCC4=O)cc3)nn2)[C@H](O)[C@@H](O)[C@@H]1O.[N-]=[N+]=NCCOCCOCCOC1O[C@H](C(=O)O)[C@@H](O)[C@H](O)[C@H]1O.[Na+]. The maximum absolute atomic E-state index is 12.3. The average Bonchev–Trinajstić information content (AvgIpc) is 1.00. The molecule has 45 heteroatoms. The Morgan fingerprint density at radius 1 is 0.569 bits per heavy atom. The average molecular weight is 1640 g/mol. The molecule has 5 aliphatic rings. The van der Waals surface area contributed by atoms with Crippen LogP contribution in [-0.2, 0) is 121 Å². The van der Waals surface area contributed by atoms with Crippen molar-refractivity contribution in [2.45, 2.75) is 152 Å². The molecular weight excluding hydrogens is 1540 g/mol. The smallest absolute Gasteiger partial charge is 0.547 e. The van der Waals surface area contributed by atoms with Gasteiger partial charge in [-0.2, -0.15) is 0 Å². The standard InChI is InChI=1S/C24H30N4O11.C17H29N3O8.C12H21N3O9.C11H17BrO5.Na/c29-17-5-6-28(17)22(33)15-3-1-14(2-4-15)16-13-27(26-25-16)7-8-36-9-10-37-11-12-38-24-20(32)18(30)19(31)21(39-24)23(34)35;1-11-12(2)15(27-13(3)21)17(28-14(11)16(22)23-4)26-10-9-25-8-7-24-6-5-19-20-18;13-15-14-1-2-21-3-4-22-5-6-23-12-9(18)7(16)8(17)10(24-12)11(19)20;1-5-6(2)9(11(14)15-4)17-10(12)8(5)16-7(3)13;/h1-4,13,18-21,24,30-32H,5-12H2,(H,34,35);11-12,14-15,17H,5-10H2,1-4H3;7-10,12,16-18H,1-6H2,(H,19,20);5-6,8-10H,1-4H3;/q;;;;+1/p-1/t18-,19-,20+,21-,24?;11-,12-,14-,15+,17?;7-,8-,9+,10-,12?;5-,6-,8+,9-,10?;/m0000./s1. The zero-order chi connectivity index (χ0) is 80.0. The van der Waals surface area contributed by atoms with Crippen LogP contribution in [-0.4, -0.2) is 333 Å². The quantitative estimate of drug-likeness (QED) is 0.00317. The number of imide groups is 1. The molecule has 0 spiro atoms. The molecule has 608 valence electrons. The van der Waals surface area contributed by atoms with Gasteiger partial charge in [0.05, 0.1) is 132 Å². The number of β-lactam (4-membered cyclic amide) rings is 1. The largest absolute Gasteiger partial charge is 1.00 e. The summed E-state index contributed by atoms with van der Waals surface area (Å²) in [5.41, 5.74) is 18.0. The minimum Gasteiger partial charge on any atom is -0.547 e. The third kappa shape index (κ3) is 32.0. The Hall–Kier alpha value is -6.34. The van der Waals surface area contributed by atoms with E-state index >= 15 is 0 Å². The number of aromatic nitrogens is 3. The minimum atomic E-state index is -1.84. The molecule has 43 nitrogen and oxygen atoms in total. The number of hydrogen-bond acceptors (Lipinski definition) is 36. The first-order chi connectivity index (χ1) is 51.5. The normalized spacial score (nSPS) is 28.2. The van der Waals surface area contributed by atoms with Gasteiger partial charge in [0.25, 0.3) is 5.91 Å². The second-order valence-corrected chi connectivity index (χ2v) is 25.1. The molecule has 5 aliphatic heterocycles. The van der Waals surface area contributed by atoms with Gasteiger partial charge in [-0.3, -0.25) is 24.1 Å². The number of hydrogen-bond donors (Lipinski definition) is 7. The van der Waals surface area contributed by atoms with E-state index in [2.05, 4.69) is 51.0 Å². The molecule has 4 unspecified atom stereocenters. The summed E-state index contributed by atoms with van der Waals surface area (Å²) in [6, 6.07) is 6.80. The van der Waals surface area contributed by atoms with E-state index in [-0.39, 0.29) is 157 Å². The van der Waals surface area contributed by atoms with Gasteiger partial charge < -0.3 is 126 Å². The number of esters is 4. The summed E-state index contributed by atoms with van der Waals surface area (Å²) < 4.78 is 90.4. The number of halogens is 1. The molecule has 2 amide bonds. The summed E-state index contributed by atoms with van der Waals surface area (Å²) in [6.45, 7) is 14.8. The second-order valence-electron chi connectivity index (χ2n) is 24.2. The van der Waals surface area contributed by atoms with Crippen LogP contribution in [0.2, 0.25) is 0 Å². The first-order valence-electron chi connectivity index (χ1n) is 34.0. The molecule has 0 radical (unpaired) electrons. The van der Waals surface area contributed by atoms with Crippen LogP contribution in [0.1, 0.15) is 58.3 Å². The van der Waals surface area contributed by atoms with Gasteiger partial charge in [0, 0.05) is 72.7 Å².